The minimum absolute atomic E-state index is 0.000310. The molecule has 1 aromatic rings. The van der Waals surface area contributed by atoms with Gasteiger partial charge < -0.3 is 9.05 Å². The lowest BCUT2D eigenvalue weighted by molar-refractivity contribution is 0.0237. The SMILES string of the molecule is CCCC(OS(C)(=O)=O)N1C(=O)c2cccc(P(=O)(OCC)OCC)c2C1=O. The lowest BCUT2D eigenvalue weighted by Gasteiger charge is -2.25. The van der Waals surface area contributed by atoms with Crippen LogP contribution in [0.25, 0.3) is 0 Å². The molecular weight excluding hydrogens is 409 g/mol. The number of hydrogen-bond donors (Lipinski definition) is 0. The molecule has 11 heteroatoms. The van der Waals surface area contributed by atoms with Crippen LogP contribution >= 0.6 is 7.60 Å². The van der Waals surface area contributed by atoms with Gasteiger partial charge in [0.05, 0.1) is 35.9 Å². The fraction of sp³-hybridized carbons (Fsp3) is 0.529. The van der Waals surface area contributed by atoms with Gasteiger partial charge in [0, 0.05) is 0 Å². The van der Waals surface area contributed by atoms with Crippen LogP contribution in [-0.4, -0.2) is 50.8 Å². The fourth-order valence-electron chi connectivity index (χ4n) is 2.96. The van der Waals surface area contributed by atoms with Crippen LogP contribution in [0.3, 0.4) is 0 Å². The predicted octanol–water partition coefficient (Wildman–Crippen LogP) is 2.28. The summed E-state index contributed by atoms with van der Waals surface area (Å²) in [6.45, 7) is 5.17. The molecule has 28 heavy (non-hydrogen) atoms. The second kappa shape index (κ2) is 8.84. The van der Waals surface area contributed by atoms with E-state index in [1.54, 1.807) is 20.8 Å². The average Bonchev–Trinajstić information content (AvgIpc) is 2.85. The summed E-state index contributed by atoms with van der Waals surface area (Å²) in [7, 11) is -7.77. The number of benzene rings is 1. The van der Waals surface area contributed by atoms with E-state index < -0.39 is 35.8 Å². The lowest BCUT2D eigenvalue weighted by Crippen LogP contribution is -2.43. The molecule has 1 aliphatic heterocycles. The first-order chi connectivity index (χ1) is 13.1. The molecule has 0 N–H and O–H groups in total. The molecule has 9 nitrogen and oxygen atoms in total. The maximum Gasteiger partial charge on any atom is 0.362 e. The van der Waals surface area contributed by atoms with E-state index in [1.165, 1.54) is 18.2 Å². The molecule has 1 aliphatic rings. The molecule has 1 atom stereocenters. The van der Waals surface area contributed by atoms with Crippen LogP contribution in [0.2, 0.25) is 0 Å². The third kappa shape index (κ3) is 4.52. The van der Waals surface area contributed by atoms with E-state index in [0.717, 1.165) is 11.2 Å². The van der Waals surface area contributed by atoms with Crippen LogP contribution in [0.5, 0.6) is 0 Å². The van der Waals surface area contributed by atoms with E-state index in [0.29, 0.717) is 6.42 Å². The summed E-state index contributed by atoms with van der Waals surface area (Å²) in [5, 5.41) is -0.0239. The molecule has 0 fully saturated rings. The highest BCUT2D eigenvalue weighted by molar-refractivity contribution is 7.86. The Kier molecular flexibility index (Phi) is 7.17. The molecule has 0 saturated carbocycles. The molecule has 0 aromatic heterocycles. The topological polar surface area (TPSA) is 116 Å². The van der Waals surface area contributed by atoms with Crippen LogP contribution in [0, 0.1) is 0 Å². The highest BCUT2D eigenvalue weighted by Gasteiger charge is 2.46. The maximum absolute atomic E-state index is 13.2. The van der Waals surface area contributed by atoms with Crippen molar-refractivity contribution in [1.82, 2.24) is 4.90 Å². The summed E-state index contributed by atoms with van der Waals surface area (Å²) in [4.78, 5) is 26.7. The predicted molar refractivity (Wildman–Crippen MR) is 102 cm³/mol. The van der Waals surface area contributed by atoms with Crippen molar-refractivity contribution in [2.24, 2.45) is 0 Å². The van der Waals surface area contributed by atoms with Gasteiger partial charge in [-0.2, -0.15) is 8.42 Å². The van der Waals surface area contributed by atoms with Crippen molar-refractivity contribution in [3.63, 3.8) is 0 Å². The Hall–Kier alpha value is -1.58. The van der Waals surface area contributed by atoms with Gasteiger partial charge in [0.15, 0.2) is 6.23 Å². The monoisotopic (exact) mass is 433 g/mol. The zero-order valence-corrected chi connectivity index (χ0v) is 17.9. The van der Waals surface area contributed by atoms with Crippen molar-refractivity contribution in [3.8, 4) is 0 Å². The van der Waals surface area contributed by atoms with Gasteiger partial charge in [-0.25, -0.2) is 9.08 Å². The van der Waals surface area contributed by atoms with Crippen LogP contribution in [0.4, 0.5) is 0 Å². The summed E-state index contributed by atoms with van der Waals surface area (Å²) >= 11 is 0. The van der Waals surface area contributed by atoms with Gasteiger partial charge in [-0.05, 0) is 32.4 Å². The van der Waals surface area contributed by atoms with Crippen LogP contribution in [0.1, 0.15) is 54.3 Å². The minimum atomic E-state index is -3.92. The van der Waals surface area contributed by atoms with Gasteiger partial charge in [-0.15, -0.1) is 0 Å². The normalized spacial score (nSPS) is 15.8. The van der Waals surface area contributed by atoms with Crippen molar-refractivity contribution in [1.29, 1.82) is 0 Å². The van der Waals surface area contributed by atoms with Gasteiger partial charge in [0.25, 0.3) is 21.9 Å². The lowest BCUT2D eigenvalue weighted by atomic mass is 10.1. The number of carbonyl (C=O) groups excluding carboxylic acids is 2. The first-order valence-corrected chi connectivity index (χ1v) is 12.2. The van der Waals surface area contributed by atoms with E-state index in [9.17, 15) is 22.6 Å². The number of amides is 2. The third-order valence-electron chi connectivity index (χ3n) is 3.93. The van der Waals surface area contributed by atoms with Crippen molar-refractivity contribution >= 4 is 34.8 Å². The Bertz CT molecular complexity index is 904. The molecule has 0 radical (unpaired) electrons. The zero-order valence-electron chi connectivity index (χ0n) is 16.2. The molecular formula is C17H24NO8PS. The molecule has 1 unspecified atom stereocenters. The number of nitrogens with zero attached hydrogens (tertiary/aromatic N) is 1. The summed E-state index contributed by atoms with van der Waals surface area (Å²) in [5.41, 5.74) is -0.115. The van der Waals surface area contributed by atoms with Crippen LogP contribution < -0.4 is 5.30 Å². The number of imide groups is 1. The highest BCUT2D eigenvalue weighted by Crippen LogP contribution is 2.49. The molecule has 0 spiro atoms. The maximum atomic E-state index is 13.2. The molecule has 0 bridgehead atoms. The minimum Gasteiger partial charge on any atom is -0.305 e. The van der Waals surface area contributed by atoms with Crippen LogP contribution in [-0.2, 0) is 27.9 Å². The summed E-state index contributed by atoms with van der Waals surface area (Å²) in [5.74, 6) is -1.51. The smallest absolute Gasteiger partial charge is 0.305 e. The van der Waals surface area contributed by atoms with Gasteiger partial charge in [0.1, 0.15) is 0 Å². The second-order valence-corrected chi connectivity index (χ2v) is 9.65. The molecule has 1 aromatic carbocycles. The Morgan fingerprint density at radius 3 is 2.18 bits per heavy atom. The number of carbonyl (C=O) groups is 2. The Balaban J connectivity index is 2.57. The molecule has 0 aliphatic carbocycles. The van der Waals surface area contributed by atoms with Crippen molar-refractivity contribution in [2.75, 3.05) is 19.5 Å². The Labute approximate surface area is 164 Å². The first kappa shape index (κ1) is 22.7. The fourth-order valence-corrected chi connectivity index (χ4v) is 5.34. The van der Waals surface area contributed by atoms with E-state index in [4.69, 9.17) is 13.2 Å². The molecule has 1 heterocycles. The van der Waals surface area contributed by atoms with Gasteiger partial charge >= 0.3 is 7.60 Å². The third-order valence-corrected chi connectivity index (χ3v) is 6.66. The first-order valence-electron chi connectivity index (χ1n) is 8.88. The number of hydrogen-bond acceptors (Lipinski definition) is 8. The van der Waals surface area contributed by atoms with Crippen molar-refractivity contribution in [2.45, 2.75) is 39.8 Å². The molecule has 156 valence electrons. The van der Waals surface area contributed by atoms with Crippen LogP contribution in [0.15, 0.2) is 18.2 Å². The standard InChI is InChI=1S/C17H24NO8PS/c1-5-9-14(26-28(4,22)23)18-16(19)12-10-8-11-13(15(12)17(18)20)27(21,24-6-2)25-7-3/h8,10-11,14H,5-7,9H2,1-4H3. The van der Waals surface area contributed by atoms with E-state index >= 15 is 0 Å². The Morgan fingerprint density at radius 1 is 1.07 bits per heavy atom. The zero-order chi connectivity index (χ0) is 21.1. The van der Waals surface area contributed by atoms with E-state index in [2.05, 4.69) is 0 Å². The van der Waals surface area contributed by atoms with Gasteiger partial charge in [-0.1, -0.05) is 19.4 Å². The van der Waals surface area contributed by atoms with E-state index in [-0.39, 0.29) is 36.1 Å². The largest absolute Gasteiger partial charge is 0.362 e. The summed E-state index contributed by atoms with van der Waals surface area (Å²) in [6, 6.07) is 4.29. The summed E-state index contributed by atoms with van der Waals surface area (Å²) in [6.07, 6.45) is 0.149. The van der Waals surface area contributed by atoms with Crippen molar-refractivity contribution < 1.29 is 35.8 Å². The highest BCUT2D eigenvalue weighted by atomic mass is 32.2. The molecule has 2 amide bonds. The number of rotatable bonds is 10. The average molecular weight is 433 g/mol. The second-order valence-electron chi connectivity index (χ2n) is 6.06. The van der Waals surface area contributed by atoms with E-state index in [1.807, 2.05) is 0 Å². The van der Waals surface area contributed by atoms with Gasteiger partial charge in [-0.3, -0.25) is 14.2 Å². The number of fused-ring (bicyclic) bond motifs is 1. The van der Waals surface area contributed by atoms with Gasteiger partial charge in [0.2, 0.25) is 0 Å². The summed E-state index contributed by atoms with van der Waals surface area (Å²) < 4.78 is 52.0. The quantitative estimate of drug-likeness (QED) is 0.313. The van der Waals surface area contributed by atoms with Crippen molar-refractivity contribution in [3.05, 3.63) is 29.3 Å². The molecule has 2 rings (SSSR count). The Morgan fingerprint density at radius 2 is 1.68 bits per heavy atom. The molecule has 0 saturated heterocycles.